The fourth-order valence-corrected chi connectivity index (χ4v) is 3.59. The first-order valence-electron chi connectivity index (χ1n) is 8.12. The second-order valence-electron chi connectivity index (χ2n) is 5.69. The molecule has 27 heavy (non-hydrogen) atoms. The summed E-state index contributed by atoms with van der Waals surface area (Å²) in [6, 6.07) is 14.9. The van der Waals surface area contributed by atoms with Gasteiger partial charge >= 0.3 is 0 Å². The third-order valence-electron chi connectivity index (χ3n) is 3.66. The molecule has 0 aliphatic rings. The first-order valence-corrected chi connectivity index (χ1v) is 10.4. The van der Waals surface area contributed by atoms with Gasteiger partial charge in [-0.05, 0) is 36.4 Å². The third-order valence-corrected chi connectivity index (χ3v) is 6.00. The van der Waals surface area contributed by atoms with Gasteiger partial charge in [-0.3, -0.25) is 9.59 Å². The minimum atomic E-state index is -3.75. The number of rotatable bonds is 8. The van der Waals surface area contributed by atoms with Crippen LogP contribution in [-0.4, -0.2) is 51.2 Å². The Morgan fingerprint density at radius 1 is 0.963 bits per heavy atom. The highest BCUT2D eigenvalue weighted by Crippen LogP contribution is 2.17. The molecule has 0 aliphatic carbocycles. The zero-order valence-corrected chi connectivity index (χ0v) is 17.1. The van der Waals surface area contributed by atoms with Gasteiger partial charge in [0.15, 0.2) is 0 Å². The maximum atomic E-state index is 12.4. The normalized spacial score (nSPS) is 11.2. The summed E-state index contributed by atoms with van der Waals surface area (Å²) in [6.07, 6.45) is 0. The van der Waals surface area contributed by atoms with Gasteiger partial charge in [-0.1, -0.05) is 34.1 Å². The number of carbonyl (C=O) groups is 2. The summed E-state index contributed by atoms with van der Waals surface area (Å²) in [4.78, 5) is 23.9. The summed E-state index contributed by atoms with van der Waals surface area (Å²) in [7, 11) is -2.41. The van der Waals surface area contributed by atoms with Crippen molar-refractivity contribution >= 4 is 37.8 Å². The molecule has 0 unspecified atom stereocenters. The van der Waals surface area contributed by atoms with Crippen LogP contribution < -0.4 is 10.6 Å². The number of sulfonamides is 1. The lowest BCUT2D eigenvalue weighted by Gasteiger charge is -2.17. The largest absolute Gasteiger partial charge is 0.353 e. The average molecular weight is 454 g/mol. The van der Waals surface area contributed by atoms with Gasteiger partial charge in [0.1, 0.15) is 0 Å². The number of benzene rings is 2. The molecule has 0 saturated heterocycles. The van der Waals surface area contributed by atoms with E-state index in [1.54, 1.807) is 36.4 Å². The quantitative estimate of drug-likeness (QED) is 0.593. The fraction of sp³-hybridized carbons (Fsp3) is 0.222. The molecule has 0 radical (unpaired) electrons. The second kappa shape index (κ2) is 9.63. The topological polar surface area (TPSA) is 95.6 Å². The van der Waals surface area contributed by atoms with Gasteiger partial charge in [0.05, 0.1) is 11.4 Å². The van der Waals surface area contributed by atoms with Crippen molar-refractivity contribution in [3.05, 3.63) is 64.6 Å². The molecule has 0 heterocycles. The highest BCUT2D eigenvalue weighted by Gasteiger charge is 2.22. The molecule has 2 aromatic carbocycles. The number of hydrogen-bond acceptors (Lipinski definition) is 4. The monoisotopic (exact) mass is 453 g/mol. The molecule has 0 bridgehead atoms. The van der Waals surface area contributed by atoms with Crippen molar-refractivity contribution in [2.45, 2.75) is 4.90 Å². The molecule has 2 aromatic rings. The number of hydrogen-bond donors (Lipinski definition) is 2. The predicted molar refractivity (Wildman–Crippen MR) is 106 cm³/mol. The molecule has 0 aromatic heterocycles. The van der Waals surface area contributed by atoms with Gasteiger partial charge in [0.2, 0.25) is 15.9 Å². The molecule has 7 nitrogen and oxygen atoms in total. The van der Waals surface area contributed by atoms with Gasteiger partial charge in [0, 0.05) is 30.2 Å². The van der Waals surface area contributed by atoms with Crippen molar-refractivity contribution in [3.8, 4) is 0 Å². The Labute approximate surface area is 166 Å². The molecule has 9 heteroatoms. The zero-order chi connectivity index (χ0) is 19.9. The van der Waals surface area contributed by atoms with Crippen LogP contribution in [0.1, 0.15) is 10.4 Å². The van der Waals surface area contributed by atoms with Crippen LogP contribution in [0.4, 0.5) is 0 Å². The van der Waals surface area contributed by atoms with Crippen LogP contribution in [0.15, 0.2) is 64.0 Å². The van der Waals surface area contributed by atoms with Crippen molar-refractivity contribution in [2.75, 3.05) is 26.7 Å². The van der Waals surface area contributed by atoms with Gasteiger partial charge in [-0.15, -0.1) is 0 Å². The Balaban J connectivity index is 1.78. The fourth-order valence-electron chi connectivity index (χ4n) is 2.20. The average Bonchev–Trinajstić information content (AvgIpc) is 2.66. The summed E-state index contributed by atoms with van der Waals surface area (Å²) in [6.45, 7) is 0.122. The summed E-state index contributed by atoms with van der Waals surface area (Å²) in [5, 5.41) is 5.26. The Bertz CT molecular complexity index is 887. The standard InChI is InChI=1S/C18H20BrN3O4S/c1-22(27(25,26)16-9-7-15(19)8-10-16)13-17(23)20-11-12-21-18(24)14-5-3-2-4-6-14/h2-10H,11-13H2,1H3,(H,20,23)(H,21,24). The van der Waals surface area contributed by atoms with Gasteiger partial charge < -0.3 is 10.6 Å². The molecule has 144 valence electrons. The highest BCUT2D eigenvalue weighted by atomic mass is 79.9. The third kappa shape index (κ3) is 6.16. The first kappa shape index (κ1) is 21.1. The number of nitrogens with zero attached hydrogens (tertiary/aromatic N) is 1. The number of halogens is 1. The van der Waals surface area contributed by atoms with E-state index in [-0.39, 0.29) is 30.4 Å². The summed E-state index contributed by atoms with van der Waals surface area (Å²) >= 11 is 3.25. The Morgan fingerprint density at radius 3 is 2.19 bits per heavy atom. The highest BCUT2D eigenvalue weighted by molar-refractivity contribution is 9.10. The van der Waals surface area contributed by atoms with E-state index >= 15 is 0 Å². The zero-order valence-electron chi connectivity index (χ0n) is 14.7. The molecular formula is C18H20BrN3O4S. The molecule has 0 spiro atoms. The summed E-state index contributed by atoms with van der Waals surface area (Å²) < 4.78 is 26.6. The minimum Gasteiger partial charge on any atom is -0.353 e. The van der Waals surface area contributed by atoms with Gasteiger partial charge in [-0.2, -0.15) is 4.31 Å². The molecule has 2 amide bonds. The van der Waals surface area contributed by atoms with Crippen molar-refractivity contribution < 1.29 is 18.0 Å². The molecular weight excluding hydrogens is 434 g/mol. The molecule has 0 fully saturated rings. The number of amides is 2. The SMILES string of the molecule is CN(CC(=O)NCCNC(=O)c1ccccc1)S(=O)(=O)c1ccc(Br)cc1. The van der Waals surface area contributed by atoms with Crippen molar-refractivity contribution in [1.29, 1.82) is 0 Å². The van der Waals surface area contributed by atoms with Crippen molar-refractivity contribution in [1.82, 2.24) is 14.9 Å². The van der Waals surface area contributed by atoms with Crippen molar-refractivity contribution in [3.63, 3.8) is 0 Å². The smallest absolute Gasteiger partial charge is 0.251 e. The summed E-state index contributed by atoms with van der Waals surface area (Å²) in [5.41, 5.74) is 0.532. The van der Waals surface area contributed by atoms with Crippen LogP contribution in [-0.2, 0) is 14.8 Å². The van der Waals surface area contributed by atoms with Crippen LogP contribution in [0.25, 0.3) is 0 Å². The van der Waals surface area contributed by atoms with Gasteiger partial charge in [0.25, 0.3) is 5.91 Å². The summed E-state index contributed by atoms with van der Waals surface area (Å²) in [5.74, 6) is -0.688. The molecule has 2 rings (SSSR count). The Hall–Kier alpha value is -2.23. The van der Waals surface area contributed by atoms with Crippen LogP contribution in [0.2, 0.25) is 0 Å². The lowest BCUT2D eigenvalue weighted by molar-refractivity contribution is -0.121. The van der Waals surface area contributed by atoms with E-state index in [2.05, 4.69) is 26.6 Å². The maximum absolute atomic E-state index is 12.4. The minimum absolute atomic E-state index is 0.108. The number of likely N-dealkylation sites (N-methyl/N-ethyl adjacent to an activating group) is 1. The first-order chi connectivity index (χ1) is 12.8. The van der Waals surface area contributed by atoms with Crippen LogP contribution >= 0.6 is 15.9 Å². The Kier molecular flexibility index (Phi) is 7.52. The number of carbonyl (C=O) groups excluding carboxylic acids is 2. The van der Waals surface area contributed by atoms with E-state index < -0.39 is 15.9 Å². The van der Waals surface area contributed by atoms with Crippen molar-refractivity contribution in [2.24, 2.45) is 0 Å². The van der Waals surface area contributed by atoms with E-state index in [0.29, 0.717) is 5.56 Å². The second-order valence-corrected chi connectivity index (χ2v) is 8.65. The van der Waals surface area contributed by atoms with E-state index in [1.165, 1.54) is 19.2 Å². The lowest BCUT2D eigenvalue weighted by atomic mass is 10.2. The molecule has 0 saturated carbocycles. The van der Waals surface area contributed by atoms with Crippen LogP contribution in [0, 0.1) is 0 Å². The Morgan fingerprint density at radius 2 is 1.56 bits per heavy atom. The van der Waals surface area contributed by atoms with E-state index in [1.807, 2.05) is 6.07 Å². The predicted octanol–water partition coefficient (Wildman–Crippen LogP) is 1.62. The van der Waals surface area contributed by atoms with Crippen LogP contribution in [0.3, 0.4) is 0 Å². The molecule has 0 aliphatic heterocycles. The lowest BCUT2D eigenvalue weighted by Crippen LogP contribution is -2.41. The molecule has 0 atom stereocenters. The molecule has 2 N–H and O–H groups in total. The van der Waals surface area contributed by atoms with Gasteiger partial charge in [-0.25, -0.2) is 8.42 Å². The number of nitrogens with one attached hydrogen (secondary N) is 2. The van der Waals surface area contributed by atoms with E-state index in [0.717, 1.165) is 8.78 Å². The van der Waals surface area contributed by atoms with Crippen LogP contribution in [0.5, 0.6) is 0 Å². The van der Waals surface area contributed by atoms with E-state index in [9.17, 15) is 18.0 Å². The van der Waals surface area contributed by atoms with E-state index in [4.69, 9.17) is 0 Å². The maximum Gasteiger partial charge on any atom is 0.251 e.